The Bertz CT molecular complexity index is 1250. The number of nitro groups is 1. The Hall–Kier alpha value is -3.75. The van der Waals surface area contributed by atoms with Crippen molar-refractivity contribution < 1.29 is 9.34 Å². The fraction of sp³-hybridized carbons (Fsp3) is 0.250. The lowest BCUT2D eigenvalue weighted by Gasteiger charge is -2.31. The van der Waals surface area contributed by atoms with Gasteiger partial charge in [-0.3, -0.25) is 19.3 Å². The Labute approximate surface area is 164 Å². The lowest BCUT2D eigenvalue weighted by atomic mass is 9.97. The summed E-state index contributed by atoms with van der Waals surface area (Å²) in [7, 11) is 0. The van der Waals surface area contributed by atoms with Crippen molar-refractivity contribution in [3.8, 4) is 0 Å². The van der Waals surface area contributed by atoms with Crippen LogP contribution < -0.4 is 10.5 Å². The van der Waals surface area contributed by atoms with Gasteiger partial charge in [0.25, 0.3) is 0 Å². The molecule has 1 aliphatic rings. The first-order chi connectivity index (χ1) is 14.1. The standard InChI is InChI=1S/C20H17N5O4/c26-20-17(25(27)28)18(22-16-7-3-4-10-24(16)20)23-11-8-13(9-12-23)19-21-14-5-1-2-6-15(14)29-19/h1-7,10,13H,8-9,11-12H2. The Kier molecular flexibility index (Phi) is 4.01. The van der Waals surface area contributed by atoms with Gasteiger partial charge in [0.15, 0.2) is 11.5 Å². The summed E-state index contributed by atoms with van der Waals surface area (Å²) in [5.41, 5.74) is 0.805. The molecule has 0 atom stereocenters. The maximum absolute atomic E-state index is 12.6. The highest BCUT2D eigenvalue weighted by atomic mass is 16.6. The van der Waals surface area contributed by atoms with E-state index in [0.717, 1.165) is 11.1 Å². The van der Waals surface area contributed by atoms with Gasteiger partial charge in [-0.25, -0.2) is 9.97 Å². The molecule has 0 aliphatic carbocycles. The van der Waals surface area contributed by atoms with E-state index in [1.807, 2.05) is 29.2 Å². The van der Waals surface area contributed by atoms with Gasteiger partial charge in [-0.1, -0.05) is 18.2 Å². The van der Waals surface area contributed by atoms with Gasteiger partial charge in [0, 0.05) is 25.2 Å². The van der Waals surface area contributed by atoms with E-state index in [4.69, 9.17) is 4.42 Å². The zero-order valence-corrected chi connectivity index (χ0v) is 15.4. The monoisotopic (exact) mass is 391 g/mol. The number of aromatic nitrogens is 3. The minimum atomic E-state index is -0.670. The number of hydrogen-bond donors (Lipinski definition) is 0. The summed E-state index contributed by atoms with van der Waals surface area (Å²) >= 11 is 0. The molecule has 0 N–H and O–H groups in total. The molecule has 9 heteroatoms. The summed E-state index contributed by atoms with van der Waals surface area (Å²) in [6, 6.07) is 12.7. The number of benzene rings is 1. The van der Waals surface area contributed by atoms with Crippen molar-refractivity contribution in [2.24, 2.45) is 0 Å². The van der Waals surface area contributed by atoms with Crippen LogP contribution in [-0.4, -0.2) is 32.4 Å². The Morgan fingerprint density at radius 1 is 1.07 bits per heavy atom. The molecular weight excluding hydrogens is 374 g/mol. The molecule has 0 amide bonds. The zero-order chi connectivity index (χ0) is 20.0. The van der Waals surface area contributed by atoms with E-state index in [1.54, 1.807) is 18.2 Å². The van der Waals surface area contributed by atoms with E-state index in [1.165, 1.54) is 10.6 Å². The van der Waals surface area contributed by atoms with Crippen molar-refractivity contribution in [1.82, 2.24) is 14.4 Å². The SMILES string of the molecule is O=c1c([N+](=O)[O-])c(N2CCC(c3nc4ccccc4o3)CC2)nc2ccccn12. The second kappa shape index (κ2) is 6.69. The second-order valence-corrected chi connectivity index (χ2v) is 7.06. The maximum atomic E-state index is 12.6. The largest absolute Gasteiger partial charge is 0.440 e. The van der Waals surface area contributed by atoms with Gasteiger partial charge in [-0.2, -0.15) is 0 Å². The highest BCUT2D eigenvalue weighted by Gasteiger charge is 2.32. The molecule has 0 spiro atoms. The predicted octanol–water partition coefficient (Wildman–Crippen LogP) is 3.13. The average Bonchev–Trinajstić information content (AvgIpc) is 3.18. The van der Waals surface area contributed by atoms with Crippen LogP contribution in [0, 0.1) is 10.1 Å². The number of anilines is 1. The summed E-state index contributed by atoms with van der Waals surface area (Å²) in [5.74, 6) is 0.938. The molecule has 0 saturated carbocycles. The van der Waals surface area contributed by atoms with Crippen LogP contribution in [0.4, 0.5) is 11.5 Å². The van der Waals surface area contributed by atoms with E-state index < -0.39 is 16.2 Å². The van der Waals surface area contributed by atoms with Crippen LogP contribution in [0.5, 0.6) is 0 Å². The fourth-order valence-electron chi connectivity index (χ4n) is 3.85. The van der Waals surface area contributed by atoms with Crippen molar-refractivity contribution in [2.75, 3.05) is 18.0 Å². The van der Waals surface area contributed by atoms with Gasteiger partial charge in [-0.05, 0) is 37.1 Å². The maximum Gasteiger partial charge on any atom is 0.376 e. The summed E-state index contributed by atoms with van der Waals surface area (Å²) < 4.78 is 7.08. The van der Waals surface area contributed by atoms with Crippen LogP contribution in [0.15, 0.2) is 57.9 Å². The number of para-hydroxylation sites is 2. The first-order valence-electron chi connectivity index (χ1n) is 9.38. The lowest BCUT2D eigenvalue weighted by molar-refractivity contribution is -0.385. The minimum absolute atomic E-state index is 0.124. The molecule has 146 valence electrons. The number of rotatable bonds is 3. The summed E-state index contributed by atoms with van der Waals surface area (Å²) in [5, 5.41) is 11.6. The smallest absolute Gasteiger partial charge is 0.376 e. The number of oxazole rings is 1. The molecule has 0 unspecified atom stereocenters. The Morgan fingerprint density at radius 2 is 1.83 bits per heavy atom. The lowest BCUT2D eigenvalue weighted by Crippen LogP contribution is -2.36. The molecule has 5 rings (SSSR count). The van der Waals surface area contributed by atoms with Gasteiger partial charge in [0.1, 0.15) is 11.2 Å². The van der Waals surface area contributed by atoms with E-state index in [9.17, 15) is 14.9 Å². The Balaban J connectivity index is 1.46. The predicted molar refractivity (Wildman–Crippen MR) is 106 cm³/mol. The molecule has 1 fully saturated rings. The number of piperidine rings is 1. The van der Waals surface area contributed by atoms with Crippen LogP contribution >= 0.6 is 0 Å². The number of nitrogens with zero attached hydrogens (tertiary/aromatic N) is 5. The van der Waals surface area contributed by atoms with E-state index in [0.29, 0.717) is 37.5 Å². The van der Waals surface area contributed by atoms with E-state index in [2.05, 4.69) is 9.97 Å². The molecule has 0 radical (unpaired) electrons. The van der Waals surface area contributed by atoms with Crippen LogP contribution in [0.1, 0.15) is 24.7 Å². The van der Waals surface area contributed by atoms with Crippen molar-refractivity contribution in [3.05, 3.63) is 75.0 Å². The quantitative estimate of drug-likeness (QED) is 0.390. The molecule has 1 saturated heterocycles. The van der Waals surface area contributed by atoms with Gasteiger partial charge in [-0.15, -0.1) is 0 Å². The fourth-order valence-corrected chi connectivity index (χ4v) is 3.85. The van der Waals surface area contributed by atoms with E-state index in [-0.39, 0.29) is 11.7 Å². The molecule has 4 heterocycles. The molecule has 4 aromatic rings. The number of fused-ring (bicyclic) bond motifs is 2. The number of hydrogen-bond acceptors (Lipinski definition) is 7. The highest BCUT2D eigenvalue weighted by molar-refractivity contribution is 5.72. The third-order valence-electron chi connectivity index (χ3n) is 5.33. The van der Waals surface area contributed by atoms with Crippen LogP contribution in [-0.2, 0) is 0 Å². The third kappa shape index (κ3) is 2.91. The molecule has 1 aliphatic heterocycles. The van der Waals surface area contributed by atoms with Gasteiger partial charge < -0.3 is 9.32 Å². The molecule has 3 aromatic heterocycles. The molecule has 1 aromatic carbocycles. The summed E-state index contributed by atoms with van der Waals surface area (Å²) in [6.45, 7) is 1.05. The van der Waals surface area contributed by atoms with Crippen LogP contribution in [0.2, 0.25) is 0 Å². The molecule has 29 heavy (non-hydrogen) atoms. The third-order valence-corrected chi connectivity index (χ3v) is 5.33. The molecule has 9 nitrogen and oxygen atoms in total. The number of pyridine rings is 1. The first kappa shape index (κ1) is 17.4. The van der Waals surface area contributed by atoms with Gasteiger partial charge >= 0.3 is 11.2 Å². The Morgan fingerprint density at radius 3 is 2.59 bits per heavy atom. The zero-order valence-electron chi connectivity index (χ0n) is 15.4. The van der Waals surface area contributed by atoms with E-state index >= 15 is 0 Å². The minimum Gasteiger partial charge on any atom is -0.440 e. The first-order valence-corrected chi connectivity index (χ1v) is 9.38. The van der Waals surface area contributed by atoms with Crippen molar-refractivity contribution in [3.63, 3.8) is 0 Å². The highest BCUT2D eigenvalue weighted by Crippen LogP contribution is 2.33. The van der Waals surface area contributed by atoms with Gasteiger partial charge in [0.05, 0.1) is 4.92 Å². The average molecular weight is 391 g/mol. The normalized spacial score (nSPS) is 15.2. The van der Waals surface area contributed by atoms with Gasteiger partial charge in [0.2, 0.25) is 5.82 Å². The summed E-state index contributed by atoms with van der Waals surface area (Å²) in [6.07, 6.45) is 2.90. The topological polar surface area (TPSA) is 107 Å². The van der Waals surface area contributed by atoms with Crippen molar-refractivity contribution in [1.29, 1.82) is 0 Å². The van der Waals surface area contributed by atoms with Crippen LogP contribution in [0.3, 0.4) is 0 Å². The van der Waals surface area contributed by atoms with Crippen LogP contribution in [0.25, 0.3) is 16.7 Å². The second-order valence-electron chi connectivity index (χ2n) is 7.06. The molecule has 0 bridgehead atoms. The van der Waals surface area contributed by atoms with Crippen molar-refractivity contribution >= 4 is 28.3 Å². The van der Waals surface area contributed by atoms with Crippen molar-refractivity contribution in [2.45, 2.75) is 18.8 Å². The molecular formula is C20H17N5O4. The summed E-state index contributed by atoms with van der Waals surface area (Å²) in [4.78, 5) is 34.4.